The standard InChI is InChI=1S/C18H23N3O2S/c1-3-23-17-7-5-4-6-15(17)11-20-8-9-21(14(2)10-20)18(22)16-12-24-13-19-16/h4-7,12-14H,3,8-11H2,1-2H3. The maximum Gasteiger partial charge on any atom is 0.273 e. The van der Waals surface area contributed by atoms with Crippen LogP contribution in [0.1, 0.15) is 29.9 Å². The average molecular weight is 345 g/mol. The Labute approximate surface area is 146 Å². The van der Waals surface area contributed by atoms with Crippen LogP contribution in [0.15, 0.2) is 35.2 Å². The first-order valence-electron chi connectivity index (χ1n) is 8.31. The zero-order chi connectivity index (χ0) is 16.9. The maximum atomic E-state index is 12.5. The second-order valence-electron chi connectivity index (χ2n) is 6.00. The van der Waals surface area contributed by atoms with E-state index in [1.54, 1.807) is 5.51 Å². The molecule has 2 aromatic rings. The Hall–Kier alpha value is -1.92. The molecule has 0 N–H and O–H groups in total. The number of piperazine rings is 1. The largest absolute Gasteiger partial charge is 0.494 e. The van der Waals surface area contributed by atoms with Crippen LogP contribution in [0.4, 0.5) is 0 Å². The third-order valence-electron chi connectivity index (χ3n) is 4.29. The lowest BCUT2D eigenvalue weighted by Crippen LogP contribution is -2.53. The van der Waals surface area contributed by atoms with E-state index in [1.165, 1.54) is 16.9 Å². The van der Waals surface area contributed by atoms with E-state index >= 15 is 0 Å². The molecule has 0 aliphatic carbocycles. The van der Waals surface area contributed by atoms with Gasteiger partial charge in [0.2, 0.25) is 0 Å². The summed E-state index contributed by atoms with van der Waals surface area (Å²) in [5.74, 6) is 0.992. The molecule has 24 heavy (non-hydrogen) atoms. The van der Waals surface area contributed by atoms with Gasteiger partial charge in [0, 0.05) is 43.2 Å². The quantitative estimate of drug-likeness (QED) is 0.836. The molecule has 1 aliphatic heterocycles. The smallest absolute Gasteiger partial charge is 0.273 e. The first kappa shape index (κ1) is 16.9. The van der Waals surface area contributed by atoms with Gasteiger partial charge in [0.1, 0.15) is 11.4 Å². The highest BCUT2D eigenvalue weighted by molar-refractivity contribution is 7.07. The van der Waals surface area contributed by atoms with E-state index in [1.807, 2.05) is 35.4 Å². The number of thiazole rings is 1. The number of ether oxygens (including phenoxy) is 1. The lowest BCUT2D eigenvalue weighted by molar-refractivity contribution is 0.0469. The van der Waals surface area contributed by atoms with E-state index in [-0.39, 0.29) is 11.9 Å². The molecule has 1 aliphatic rings. The molecule has 0 bridgehead atoms. The van der Waals surface area contributed by atoms with E-state index in [2.05, 4.69) is 22.9 Å². The first-order chi connectivity index (χ1) is 11.7. The highest BCUT2D eigenvalue weighted by Gasteiger charge is 2.29. The molecule has 3 rings (SSSR count). The summed E-state index contributed by atoms with van der Waals surface area (Å²) in [5, 5.41) is 1.82. The molecular weight excluding hydrogens is 322 g/mol. The molecule has 2 heterocycles. The fraction of sp³-hybridized carbons (Fsp3) is 0.444. The van der Waals surface area contributed by atoms with Gasteiger partial charge in [-0.1, -0.05) is 18.2 Å². The van der Waals surface area contributed by atoms with Crippen molar-refractivity contribution in [1.29, 1.82) is 0 Å². The van der Waals surface area contributed by atoms with Crippen molar-refractivity contribution in [3.05, 3.63) is 46.4 Å². The maximum absolute atomic E-state index is 12.5. The van der Waals surface area contributed by atoms with Crippen molar-refractivity contribution < 1.29 is 9.53 Å². The van der Waals surface area contributed by atoms with Gasteiger partial charge >= 0.3 is 0 Å². The number of amides is 1. The SMILES string of the molecule is CCOc1ccccc1CN1CCN(C(=O)c2cscn2)C(C)C1. The van der Waals surface area contributed by atoms with Crippen LogP contribution in [0.5, 0.6) is 5.75 Å². The summed E-state index contributed by atoms with van der Waals surface area (Å²) in [4.78, 5) is 21.0. The Balaban J connectivity index is 1.63. The lowest BCUT2D eigenvalue weighted by atomic mass is 10.1. The monoisotopic (exact) mass is 345 g/mol. The minimum Gasteiger partial charge on any atom is -0.494 e. The number of para-hydroxylation sites is 1. The van der Waals surface area contributed by atoms with Crippen molar-refractivity contribution in [2.24, 2.45) is 0 Å². The summed E-state index contributed by atoms with van der Waals surface area (Å²) in [6.45, 7) is 8.07. The molecule has 128 valence electrons. The minimum atomic E-state index is 0.0399. The lowest BCUT2D eigenvalue weighted by Gasteiger charge is -2.39. The number of rotatable bonds is 5. The number of benzene rings is 1. The van der Waals surface area contributed by atoms with Crippen molar-refractivity contribution >= 4 is 17.2 Å². The Kier molecular flexibility index (Phi) is 5.48. The summed E-state index contributed by atoms with van der Waals surface area (Å²) in [6, 6.07) is 8.35. The van der Waals surface area contributed by atoms with E-state index in [9.17, 15) is 4.79 Å². The van der Waals surface area contributed by atoms with Gasteiger partial charge in [0.15, 0.2) is 0 Å². The third kappa shape index (κ3) is 3.76. The van der Waals surface area contributed by atoms with Crippen LogP contribution >= 0.6 is 11.3 Å². The average Bonchev–Trinajstić information content (AvgIpc) is 3.11. The van der Waals surface area contributed by atoms with Crippen molar-refractivity contribution in [2.75, 3.05) is 26.2 Å². The summed E-state index contributed by atoms with van der Waals surface area (Å²) < 4.78 is 5.72. The summed E-state index contributed by atoms with van der Waals surface area (Å²) >= 11 is 1.46. The molecule has 1 fully saturated rings. The van der Waals surface area contributed by atoms with Gasteiger partial charge in [0.25, 0.3) is 5.91 Å². The second-order valence-corrected chi connectivity index (χ2v) is 6.72. The number of carbonyl (C=O) groups is 1. The van der Waals surface area contributed by atoms with Gasteiger partial charge in [-0.25, -0.2) is 4.98 Å². The predicted molar refractivity (Wildman–Crippen MR) is 95.5 cm³/mol. The van der Waals surface area contributed by atoms with Gasteiger partial charge in [-0.05, 0) is 19.9 Å². The number of aromatic nitrogens is 1. The highest BCUT2D eigenvalue weighted by Crippen LogP contribution is 2.22. The molecule has 1 saturated heterocycles. The zero-order valence-electron chi connectivity index (χ0n) is 14.1. The summed E-state index contributed by atoms with van der Waals surface area (Å²) in [6.07, 6.45) is 0. The molecule has 1 unspecified atom stereocenters. The van der Waals surface area contributed by atoms with Gasteiger partial charge in [-0.3, -0.25) is 9.69 Å². The molecule has 0 saturated carbocycles. The number of nitrogens with zero attached hydrogens (tertiary/aromatic N) is 3. The summed E-state index contributed by atoms with van der Waals surface area (Å²) in [5.41, 5.74) is 3.46. The van der Waals surface area contributed by atoms with Gasteiger partial charge < -0.3 is 9.64 Å². The number of hydrogen-bond acceptors (Lipinski definition) is 5. The Morgan fingerprint density at radius 1 is 1.38 bits per heavy atom. The molecule has 0 radical (unpaired) electrons. The van der Waals surface area contributed by atoms with Crippen molar-refractivity contribution in [3.8, 4) is 5.75 Å². The fourth-order valence-electron chi connectivity index (χ4n) is 3.12. The van der Waals surface area contributed by atoms with E-state index in [0.29, 0.717) is 12.3 Å². The van der Waals surface area contributed by atoms with Crippen molar-refractivity contribution in [2.45, 2.75) is 26.4 Å². The summed E-state index contributed by atoms with van der Waals surface area (Å²) in [7, 11) is 0. The van der Waals surface area contributed by atoms with Gasteiger partial charge in [-0.15, -0.1) is 11.3 Å². The van der Waals surface area contributed by atoms with Crippen LogP contribution in [0.2, 0.25) is 0 Å². The van der Waals surface area contributed by atoms with Crippen LogP contribution in [0.3, 0.4) is 0 Å². The van der Waals surface area contributed by atoms with Gasteiger partial charge in [0.05, 0.1) is 12.1 Å². The highest BCUT2D eigenvalue weighted by atomic mass is 32.1. The normalized spacial score (nSPS) is 18.6. The molecule has 1 aromatic carbocycles. The van der Waals surface area contributed by atoms with Crippen LogP contribution in [0, 0.1) is 0 Å². The van der Waals surface area contributed by atoms with Crippen LogP contribution in [0.25, 0.3) is 0 Å². The van der Waals surface area contributed by atoms with E-state index < -0.39 is 0 Å². The first-order valence-corrected chi connectivity index (χ1v) is 9.25. The fourth-order valence-corrected chi connectivity index (χ4v) is 3.64. The van der Waals surface area contributed by atoms with Crippen molar-refractivity contribution in [3.63, 3.8) is 0 Å². The number of carbonyl (C=O) groups excluding carboxylic acids is 1. The predicted octanol–water partition coefficient (Wildman–Crippen LogP) is 2.89. The molecular formula is C18H23N3O2S. The van der Waals surface area contributed by atoms with Crippen LogP contribution in [-0.4, -0.2) is 53.0 Å². The van der Waals surface area contributed by atoms with Crippen LogP contribution < -0.4 is 4.74 Å². The zero-order valence-corrected chi connectivity index (χ0v) is 15.0. The molecule has 0 spiro atoms. The van der Waals surface area contributed by atoms with Crippen LogP contribution in [-0.2, 0) is 6.54 Å². The Bertz CT molecular complexity index is 675. The van der Waals surface area contributed by atoms with E-state index in [0.717, 1.165) is 31.9 Å². The molecule has 5 nitrogen and oxygen atoms in total. The van der Waals surface area contributed by atoms with Gasteiger partial charge in [-0.2, -0.15) is 0 Å². The topological polar surface area (TPSA) is 45.7 Å². The van der Waals surface area contributed by atoms with E-state index in [4.69, 9.17) is 4.74 Å². The Morgan fingerprint density at radius 2 is 2.21 bits per heavy atom. The molecule has 6 heteroatoms. The molecule has 1 aromatic heterocycles. The second kappa shape index (κ2) is 7.77. The Morgan fingerprint density at radius 3 is 2.92 bits per heavy atom. The molecule has 1 atom stereocenters. The third-order valence-corrected chi connectivity index (χ3v) is 4.88. The minimum absolute atomic E-state index is 0.0399. The number of hydrogen-bond donors (Lipinski definition) is 0. The van der Waals surface area contributed by atoms with Crippen molar-refractivity contribution in [1.82, 2.24) is 14.8 Å². The molecule has 1 amide bonds.